The van der Waals surface area contributed by atoms with Gasteiger partial charge in [-0.1, -0.05) is 54.1 Å². The summed E-state index contributed by atoms with van der Waals surface area (Å²) in [5, 5.41) is 4.16. The molecule has 2 heterocycles. The summed E-state index contributed by atoms with van der Waals surface area (Å²) in [5.41, 5.74) is 2.12. The number of hydrogen-bond donors (Lipinski definition) is 1. The van der Waals surface area contributed by atoms with Gasteiger partial charge in [-0.15, -0.1) is 0 Å². The van der Waals surface area contributed by atoms with Crippen molar-refractivity contribution in [2.24, 2.45) is 5.41 Å². The average molecular weight is 399 g/mol. The average Bonchev–Trinajstić information content (AvgIpc) is 2.72. The molecule has 0 aliphatic carbocycles. The molecule has 0 radical (unpaired) electrons. The van der Waals surface area contributed by atoms with Crippen molar-refractivity contribution in [3.63, 3.8) is 0 Å². The van der Waals surface area contributed by atoms with Crippen molar-refractivity contribution in [3.05, 3.63) is 71.8 Å². The number of fused-ring (bicyclic) bond motifs is 2. The first-order valence-corrected chi connectivity index (χ1v) is 9.89. The number of carbonyl (C=O) groups is 3. The number of imide groups is 2. The Labute approximate surface area is 174 Å². The quantitative estimate of drug-likeness (QED) is 0.637. The third-order valence-corrected chi connectivity index (χ3v) is 6.12. The normalized spacial score (nSPS) is 21.2. The summed E-state index contributed by atoms with van der Waals surface area (Å²) >= 11 is 0. The summed E-state index contributed by atoms with van der Waals surface area (Å²) in [6.45, 7) is 2.19. The van der Waals surface area contributed by atoms with Crippen LogP contribution in [0.25, 0.3) is 10.8 Å². The van der Waals surface area contributed by atoms with Crippen molar-refractivity contribution in [2.75, 3.05) is 23.4 Å². The van der Waals surface area contributed by atoms with Gasteiger partial charge in [0.05, 0.1) is 5.69 Å². The minimum atomic E-state index is -1.36. The highest BCUT2D eigenvalue weighted by Gasteiger charge is 2.56. The van der Waals surface area contributed by atoms with Gasteiger partial charge in [-0.05, 0) is 36.4 Å². The van der Waals surface area contributed by atoms with E-state index in [-0.39, 0.29) is 13.0 Å². The van der Waals surface area contributed by atoms with Crippen LogP contribution in [0.2, 0.25) is 0 Å². The van der Waals surface area contributed by atoms with Crippen LogP contribution >= 0.6 is 0 Å². The second-order valence-corrected chi connectivity index (χ2v) is 8.15. The molecule has 0 bridgehead atoms. The Kier molecular flexibility index (Phi) is 3.93. The third-order valence-electron chi connectivity index (χ3n) is 6.12. The van der Waals surface area contributed by atoms with Gasteiger partial charge < -0.3 is 4.90 Å². The number of urea groups is 1. The number of amides is 4. The van der Waals surface area contributed by atoms with E-state index in [1.807, 2.05) is 73.5 Å². The predicted octanol–water partition coefficient (Wildman–Crippen LogP) is 3.41. The van der Waals surface area contributed by atoms with E-state index in [2.05, 4.69) is 5.32 Å². The van der Waals surface area contributed by atoms with Crippen molar-refractivity contribution in [1.82, 2.24) is 5.32 Å². The largest absolute Gasteiger partial charge is 0.373 e. The predicted molar refractivity (Wildman–Crippen MR) is 116 cm³/mol. The van der Waals surface area contributed by atoms with E-state index in [1.165, 1.54) is 0 Å². The number of carbonyl (C=O) groups excluding carboxylic acids is 3. The Morgan fingerprint density at radius 3 is 2.53 bits per heavy atom. The highest BCUT2D eigenvalue weighted by atomic mass is 16.2. The van der Waals surface area contributed by atoms with Gasteiger partial charge in [0.25, 0.3) is 5.91 Å². The summed E-state index contributed by atoms with van der Waals surface area (Å²) in [6, 6.07) is 18.4. The maximum atomic E-state index is 13.8. The van der Waals surface area contributed by atoms with Gasteiger partial charge in [0.1, 0.15) is 0 Å². The summed E-state index contributed by atoms with van der Waals surface area (Å²) in [7, 11) is 1.87. The zero-order chi connectivity index (χ0) is 21.0. The molecule has 3 aromatic carbocycles. The first-order chi connectivity index (χ1) is 14.4. The van der Waals surface area contributed by atoms with Crippen LogP contribution in [0.1, 0.15) is 11.1 Å². The zero-order valence-electron chi connectivity index (χ0n) is 16.8. The number of rotatable bonds is 1. The second kappa shape index (κ2) is 6.42. The van der Waals surface area contributed by atoms with Crippen molar-refractivity contribution in [3.8, 4) is 0 Å². The van der Waals surface area contributed by atoms with Crippen LogP contribution in [-0.2, 0) is 16.0 Å². The Morgan fingerprint density at radius 1 is 0.933 bits per heavy atom. The molecule has 150 valence electrons. The Bertz CT molecular complexity index is 1230. The van der Waals surface area contributed by atoms with Gasteiger partial charge in [0.15, 0.2) is 5.41 Å². The smallest absolute Gasteiger partial charge is 0.335 e. The lowest BCUT2D eigenvalue weighted by Gasteiger charge is -2.45. The van der Waals surface area contributed by atoms with Crippen LogP contribution in [-0.4, -0.2) is 31.4 Å². The standard InChI is InChI=1S/C24H21N3O3/c1-15-10-11-19-17(12-15)13-24(14-26(19)2)21(28)25-23(30)27(22(24)29)20-9-5-7-16-6-3-4-8-18(16)20/h3-12H,13-14H2,1-2H3,(H,25,28,30)/t24-/m1/s1. The van der Waals surface area contributed by atoms with Gasteiger partial charge in [-0.3, -0.25) is 14.9 Å². The second-order valence-electron chi connectivity index (χ2n) is 8.15. The highest BCUT2D eigenvalue weighted by Crippen LogP contribution is 2.41. The number of aryl methyl sites for hydroxylation is 1. The number of barbiturate groups is 1. The molecule has 1 fully saturated rings. The fourth-order valence-electron chi connectivity index (χ4n) is 4.69. The van der Waals surface area contributed by atoms with Crippen LogP contribution < -0.4 is 15.1 Å². The maximum Gasteiger partial charge on any atom is 0.335 e. The summed E-state index contributed by atoms with van der Waals surface area (Å²) in [4.78, 5) is 42.8. The lowest BCUT2D eigenvalue weighted by molar-refractivity contribution is -0.142. The molecule has 2 aliphatic heterocycles. The van der Waals surface area contributed by atoms with E-state index in [9.17, 15) is 14.4 Å². The Hall–Kier alpha value is -3.67. The fourth-order valence-corrected chi connectivity index (χ4v) is 4.69. The van der Waals surface area contributed by atoms with Crippen molar-refractivity contribution < 1.29 is 14.4 Å². The van der Waals surface area contributed by atoms with Crippen LogP contribution in [0.3, 0.4) is 0 Å². The van der Waals surface area contributed by atoms with E-state index >= 15 is 0 Å². The monoisotopic (exact) mass is 399 g/mol. The van der Waals surface area contributed by atoms with E-state index in [4.69, 9.17) is 0 Å². The zero-order valence-corrected chi connectivity index (χ0v) is 16.8. The topological polar surface area (TPSA) is 69.7 Å². The van der Waals surface area contributed by atoms with Gasteiger partial charge in [0.2, 0.25) is 5.91 Å². The van der Waals surface area contributed by atoms with Gasteiger partial charge in [-0.25, -0.2) is 9.69 Å². The molecule has 1 spiro atoms. The fraction of sp³-hybridized carbons (Fsp3) is 0.208. The lowest BCUT2D eigenvalue weighted by Crippen LogP contribution is -2.68. The molecule has 2 aliphatic rings. The first-order valence-electron chi connectivity index (χ1n) is 9.89. The number of anilines is 2. The van der Waals surface area contributed by atoms with E-state index in [0.29, 0.717) is 5.69 Å². The number of benzene rings is 3. The van der Waals surface area contributed by atoms with Crippen LogP contribution in [0, 0.1) is 12.3 Å². The molecule has 1 atom stereocenters. The molecule has 6 nitrogen and oxygen atoms in total. The highest BCUT2D eigenvalue weighted by molar-refractivity contribution is 6.32. The van der Waals surface area contributed by atoms with Crippen molar-refractivity contribution in [2.45, 2.75) is 13.3 Å². The van der Waals surface area contributed by atoms with Crippen LogP contribution in [0.4, 0.5) is 16.2 Å². The van der Waals surface area contributed by atoms with Crippen molar-refractivity contribution >= 4 is 40.0 Å². The minimum absolute atomic E-state index is 0.211. The van der Waals surface area contributed by atoms with E-state index in [0.717, 1.165) is 32.5 Å². The molecular formula is C24H21N3O3. The molecular weight excluding hydrogens is 378 g/mol. The van der Waals surface area contributed by atoms with Crippen LogP contribution in [0.15, 0.2) is 60.7 Å². The molecule has 6 heteroatoms. The molecule has 5 rings (SSSR count). The molecule has 0 saturated carbocycles. The number of nitrogens with one attached hydrogen (secondary N) is 1. The van der Waals surface area contributed by atoms with Gasteiger partial charge >= 0.3 is 6.03 Å². The van der Waals surface area contributed by atoms with E-state index < -0.39 is 23.3 Å². The molecule has 4 amide bonds. The number of nitrogens with zero attached hydrogens (tertiary/aromatic N) is 2. The Balaban J connectivity index is 1.65. The van der Waals surface area contributed by atoms with Gasteiger partial charge in [-0.2, -0.15) is 0 Å². The third kappa shape index (κ3) is 2.53. The van der Waals surface area contributed by atoms with Crippen molar-refractivity contribution in [1.29, 1.82) is 0 Å². The summed E-state index contributed by atoms with van der Waals surface area (Å²) in [6.07, 6.45) is 0.258. The molecule has 1 N–H and O–H groups in total. The number of hydrogen-bond acceptors (Lipinski definition) is 4. The summed E-state index contributed by atoms with van der Waals surface area (Å²) < 4.78 is 0. The molecule has 0 aromatic heterocycles. The minimum Gasteiger partial charge on any atom is -0.373 e. The maximum absolute atomic E-state index is 13.8. The Morgan fingerprint density at radius 2 is 1.70 bits per heavy atom. The van der Waals surface area contributed by atoms with Crippen LogP contribution in [0.5, 0.6) is 0 Å². The first kappa shape index (κ1) is 18.4. The SMILES string of the molecule is Cc1ccc2c(c1)C[C@@]1(CN2C)C(=O)NC(=O)N(c2cccc3ccccc23)C1=O. The van der Waals surface area contributed by atoms with Gasteiger partial charge in [0, 0.05) is 24.7 Å². The lowest BCUT2D eigenvalue weighted by atomic mass is 9.74. The molecule has 30 heavy (non-hydrogen) atoms. The van der Waals surface area contributed by atoms with E-state index in [1.54, 1.807) is 6.07 Å². The summed E-state index contributed by atoms with van der Waals surface area (Å²) in [5.74, 6) is -1.01. The molecule has 0 unspecified atom stereocenters. The molecule has 1 saturated heterocycles. The molecule has 3 aromatic rings.